The van der Waals surface area contributed by atoms with Gasteiger partial charge in [0.1, 0.15) is 4.90 Å². The lowest BCUT2D eigenvalue weighted by atomic mass is 10.2. The average Bonchev–Trinajstić information content (AvgIpc) is 2.77. The van der Waals surface area contributed by atoms with E-state index in [2.05, 4.69) is 10.5 Å². The molecule has 0 atom stereocenters. The van der Waals surface area contributed by atoms with Crippen LogP contribution in [0.5, 0.6) is 11.5 Å². The quantitative estimate of drug-likeness (QED) is 0.196. The number of halogens is 1. The number of nitrogens with one attached hydrogen (secondary N) is 1. The van der Waals surface area contributed by atoms with E-state index in [1.807, 2.05) is 28.7 Å². The maximum absolute atomic E-state index is 12.6. The van der Waals surface area contributed by atoms with Crippen LogP contribution in [0, 0.1) is 3.57 Å². The number of amides is 1. The van der Waals surface area contributed by atoms with Crippen LogP contribution in [-0.2, 0) is 10.1 Å². The molecule has 0 spiro atoms. The molecular weight excluding hydrogens is 531 g/mol. The molecule has 9 heteroatoms. The molecule has 0 saturated heterocycles. The van der Waals surface area contributed by atoms with Crippen LogP contribution in [0.15, 0.2) is 82.8 Å². The summed E-state index contributed by atoms with van der Waals surface area (Å²) in [6, 6.07) is 19.9. The lowest BCUT2D eigenvalue weighted by Gasteiger charge is -2.14. The molecule has 0 unspecified atom stereocenters. The van der Waals surface area contributed by atoms with Gasteiger partial charge in [-0.2, -0.15) is 13.5 Å². The molecule has 0 aromatic heterocycles. The third kappa shape index (κ3) is 6.05. The highest BCUT2D eigenvalue weighted by Crippen LogP contribution is 2.36. The van der Waals surface area contributed by atoms with Gasteiger partial charge in [0.25, 0.3) is 5.91 Å². The maximum Gasteiger partial charge on any atom is 0.339 e. The van der Waals surface area contributed by atoms with Crippen LogP contribution in [0.2, 0.25) is 0 Å². The van der Waals surface area contributed by atoms with Gasteiger partial charge in [-0.1, -0.05) is 36.4 Å². The predicted octanol–water partition coefficient (Wildman–Crippen LogP) is 4.22. The third-order valence-electron chi connectivity index (χ3n) is 3.97. The summed E-state index contributed by atoms with van der Waals surface area (Å²) in [6.45, 7) is 2.09. The first-order chi connectivity index (χ1) is 14.9. The van der Waals surface area contributed by atoms with Crippen molar-refractivity contribution in [2.45, 2.75) is 11.8 Å². The number of carbonyl (C=O) groups excluding carboxylic acids is 1. The SMILES string of the molecule is CCOc1cc(/C=N\NC(=O)c2ccccc2)cc(I)c1OS(=O)(=O)c1ccccc1. The molecule has 0 fully saturated rings. The first-order valence-corrected chi connectivity index (χ1v) is 11.7. The van der Waals surface area contributed by atoms with Crippen molar-refractivity contribution in [1.82, 2.24) is 5.43 Å². The smallest absolute Gasteiger partial charge is 0.339 e. The zero-order valence-corrected chi connectivity index (χ0v) is 19.5. The van der Waals surface area contributed by atoms with Gasteiger partial charge in [0.2, 0.25) is 0 Å². The maximum atomic E-state index is 12.6. The number of benzene rings is 3. The summed E-state index contributed by atoms with van der Waals surface area (Å²) in [4.78, 5) is 12.1. The Kier molecular flexibility index (Phi) is 7.64. The van der Waals surface area contributed by atoms with Crippen LogP contribution in [-0.4, -0.2) is 27.1 Å². The van der Waals surface area contributed by atoms with Gasteiger partial charge in [-0.25, -0.2) is 5.43 Å². The van der Waals surface area contributed by atoms with Gasteiger partial charge < -0.3 is 8.92 Å². The summed E-state index contributed by atoms with van der Waals surface area (Å²) in [7, 11) is -4.02. The number of carbonyl (C=O) groups is 1. The third-order valence-corrected chi connectivity index (χ3v) is 6.01. The lowest BCUT2D eigenvalue weighted by molar-refractivity contribution is 0.0955. The summed E-state index contributed by atoms with van der Waals surface area (Å²) in [5, 5.41) is 3.97. The molecule has 0 aliphatic carbocycles. The molecule has 3 aromatic rings. The minimum atomic E-state index is -4.02. The van der Waals surface area contributed by atoms with Crippen LogP contribution in [0.4, 0.5) is 0 Å². The number of rotatable bonds is 8. The zero-order valence-electron chi connectivity index (χ0n) is 16.5. The molecule has 0 heterocycles. The van der Waals surface area contributed by atoms with Crippen LogP contribution in [0.3, 0.4) is 0 Å². The van der Waals surface area contributed by atoms with Gasteiger partial charge in [-0.05, 0) is 71.5 Å². The number of hydrogen-bond donors (Lipinski definition) is 1. The van der Waals surface area contributed by atoms with Gasteiger partial charge >= 0.3 is 10.1 Å². The molecule has 3 aromatic carbocycles. The van der Waals surface area contributed by atoms with E-state index in [0.717, 1.165) is 0 Å². The summed E-state index contributed by atoms with van der Waals surface area (Å²) in [5.41, 5.74) is 3.54. The van der Waals surface area contributed by atoms with Crippen molar-refractivity contribution in [3.63, 3.8) is 0 Å². The van der Waals surface area contributed by atoms with E-state index in [1.165, 1.54) is 18.3 Å². The van der Waals surface area contributed by atoms with Crippen molar-refractivity contribution in [3.8, 4) is 11.5 Å². The Hall–Kier alpha value is -2.92. The Labute approximate surface area is 194 Å². The van der Waals surface area contributed by atoms with Crippen molar-refractivity contribution in [3.05, 3.63) is 87.5 Å². The molecule has 0 aliphatic heterocycles. The Morgan fingerprint density at radius 1 is 1.06 bits per heavy atom. The van der Waals surface area contributed by atoms with Gasteiger partial charge in [0, 0.05) is 5.56 Å². The van der Waals surface area contributed by atoms with Crippen molar-refractivity contribution >= 4 is 44.8 Å². The fourth-order valence-electron chi connectivity index (χ4n) is 2.57. The predicted molar refractivity (Wildman–Crippen MR) is 126 cm³/mol. The second-order valence-electron chi connectivity index (χ2n) is 6.18. The molecule has 0 radical (unpaired) electrons. The Balaban J connectivity index is 1.82. The Bertz CT molecular complexity index is 1180. The summed E-state index contributed by atoms with van der Waals surface area (Å²) in [6.07, 6.45) is 1.45. The largest absolute Gasteiger partial charge is 0.490 e. The van der Waals surface area contributed by atoms with E-state index in [9.17, 15) is 13.2 Å². The number of hydrazone groups is 1. The van der Waals surface area contributed by atoms with Gasteiger partial charge in [0.15, 0.2) is 11.5 Å². The number of nitrogens with zero attached hydrogens (tertiary/aromatic N) is 1. The molecular formula is C22H19IN2O5S. The van der Waals surface area contributed by atoms with E-state index in [4.69, 9.17) is 8.92 Å². The van der Waals surface area contributed by atoms with Crippen LogP contribution in [0.25, 0.3) is 0 Å². The van der Waals surface area contributed by atoms with E-state index < -0.39 is 10.1 Å². The van der Waals surface area contributed by atoms with E-state index in [1.54, 1.807) is 61.5 Å². The van der Waals surface area contributed by atoms with Crippen molar-refractivity contribution < 1.29 is 22.1 Å². The zero-order chi connectivity index (χ0) is 22.3. The second-order valence-corrected chi connectivity index (χ2v) is 8.89. The molecule has 0 saturated carbocycles. The molecule has 3 rings (SSSR count). The van der Waals surface area contributed by atoms with Gasteiger partial charge in [0.05, 0.1) is 16.4 Å². The van der Waals surface area contributed by atoms with Crippen LogP contribution < -0.4 is 14.3 Å². The summed E-state index contributed by atoms with van der Waals surface area (Å²) < 4.78 is 36.7. The van der Waals surface area contributed by atoms with Crippen LogP contribution >= 0.6 is 22.6 Å². The standard InChI is InChI=1S/C22H19IN2O5S/c1-2-29-20-14-16(15-24-25-22(26)17-9-5-3-6-10-17)13-19(23)21(20)30-31(27,28)18-11-7-4-8-12-18/h3-15H,2H2,1H3,(H,25,26)/b24-15-. The second kappa shape index (κ2) is 10.4. The number of hydrogen-bond acceptors (Lipinski definition) is 6. The molecule has 0 bridgehead atoms. The molecule has 0 aliphatic rings. The van der Waals surface area contributed by atoms with Crippen molar-refractivity contribution in [1.29, 1.82) is 0 Å². The molecule has 7 nitrogen and oxygen atoms in total. The van der Waals surface area contributed by atoms with Gasteiger partial charge in [-0.15, -0.1) is 0 Å². The highest BCUT2D eigenvalue weighted by molar-refractivity contribution is 14.1. The Morgan fingerprint density at radius 2 is 1.71 bits per heavy atom. The normalized spacial score (nSPS) is 11.3. The Morgan fingerprint density at radius 3 is 2.35 bits per heavy atom. The lowest BCUT2D eigenvalue weighted by Crippen LogP contribution is -2.17. The molecule has 31 heavy (non-hydrogen) atoms. The van der Waals surface area contributed by atoms with E-state index in [0.29, 0.717) is 21.3 Å². The van der Waals surface area contributed by atoms with Gasteiger partial charge in [-0.3, -0.25) is 4.79 Å². The fraction of sp³-hybridized carbons (Fsp3) is 0.0909. The fourth-order valence-corrected chi connectivity index (χ4v) is 4.43. The van der Waals surface area contributed by atoms with Crippen molar-refractivity contribution in [2.24, 2.45) is 5.10 Å². The van der Waals surface area contributed by atoms with E-state index in [-0.39, 0.29) is 22.3 Å². The topological polar surface area (TPSA) is 94.1 Å². The molecule has 1 amide bonds. The monoisotopic (exact) mass is 550 g/mol. The van der Waals surface area contributed by atoms with E-state index >= 15 is 0 Å². The summed E-state index contributed by atoms with van der Waals surface area (Å²) >= 11 is 1.97. The molecule has 1 N–H and O–H groups in total. The first kappa shape index (κ1) is 22.8. The highest BCUT2D eigenvalue weighted by atomic mass is 127. The van der Waals surface area contributed by atoms with Crippen molar-refractivity contribution in [2.75, 3.05) is 6.61 Å². The van der Waals surface area contributed by atoms with Crippen LogP contribution in [0.1, 0.15) is 22.8 Å². The highest BCUT2D eigenvalue weighted by Gasteiger charge is 2.22. The summed E-state index contributed by atoms with van der Waals surface area (Å²) in [5.74, 6) is 0.00648. The minimum absolute atomic E-state index is 0.0440. The molecule has 160 valence electrons. The first-order valence-electron chi connectivity index (χ1n) is 9.25. The number of ether oxygens (including phenoxy) is 1. The minimum Gasteiger partial charge on any atom is -0.490 e. The average molecular weight is 550 g/mol.